The van der Waals surface area contributed by atoms with E-state index in [2.05, 4.69) is 5.32 Å². The fourth-order valence-electron chi connectivity index (χ4n) is 0.393. The molecule has 3 nitrogen and oxygen atoms in total. The van der Waals surface area contributed by atoms with Gasteiger partial charge in [0.15, 0.2) is 0 Å². The smallest absolute Gasteiger partial charge is 0.0551 e. The maximum atomic E-state index is 5.51. The first kappa shape index (κ1) is 7.88. The first-order valence-corrected chi connectivity index (χ1v) is 2.79. The Hall–Kier alpha value is -0.120. The first-order valence-electron chi connectivity index (χ1n) is 2.79. The molecule has 0 heterocycles. The van der Waals surface area contributed by atoms with Crippen molar-refractivity contribution >= 4 is 0 Å². The van der Waals surface area contributed by atoms with Crippen LogP contribution in [-0.4, -0.2) is 31.8 Å². The summed E-state index contributed by atoms with van der Waals surface area (Å²) in [5.74, 6) is 0. The summed E-state index contributed by atoms with van der Waals surface area (Å²) < 4.78 is 0. The van der Waals surface area contributed by atoms with E-state index in [1.165, 1.54) is 0 Å². The van der Waals surface area contributed by atoms with Crippen LogP contribution in [0.1, 0.15) is 6.92 Å². The zero-order chi connectivity index (χ0) is 6.57. The molecule has 0 spiro atoms. The van der Waals surface area contributed by atoms with E-state index in [-0.39, 0.29) is 6.17 Å². The van der Waals surface area contributed by atoms with Crippen molar-refractivity contribution in [1.29, 1.82) is 0 Å². The van der Waals surface area contributed by atoms with Gasteiger partial charge >= 0.3 is 0 Å². The van der Waals surface area contributed by atoms with Gasteiger partial charge in [0.05, 0.1) is 6.17 Å². The topological polar surface area (TPSA) is 41.3 Å². The van der Waals surface area contributed by atoms with Gasteiger partial charge in [-0.25, -0.2) is 0 Å². The Bertz CT molecular complexity index is 53.6. The van der Waals surface area contributed by atoms with E-state index in [4.69, 9.17) is 5.73 Å². The molecule has 0 aromatic heterocycles. The summed E-state index contributed by atoms with van der Waals surface area (Å²) in [7, 11) is 3.88. The van der Waals surface area contributed by atoms with Crippen LogP contribution in [0.5, 0.6) is 0 Å². The third-order valence-electron chi connectivity index (χ3n) is 1.10. The second-order valence-electron chi connectivity index (χ2n) is 2.01. The van der Waals surface area contributed by atoms with Gasteiger partial charge in [-0.2, -0.15) is 0 Å². The van der Waals surface area contributed by atoms with Crippen LogP contribution in [0.25, 0.3) is 0 Å². The number of rotatable bonds is 3. The summed E-state index contributed by atoms with van der Waals surface area (Å²) >= 11 is 0. The molecule has 0 aromatic carbocycles. The molecule has 0 rings (SSSR count). The maximum Gasteiger partial charge on any atom is 0.0551 e. The summed E-state index contributed by atoms with van der Waals surface area (Å²) in [6.07, 6.45) is 0.141. The molecule has 3 N–H and O–H groups in total. The molecule has 8 heavy (non-hydrogen) atoms. The third-order valence-corrected chi connectivity index (χ3v) is 1.10. The van der Waals surface area contributed by atoms with E-state index in [1.807, 2.05) is 25.9 Å². The Kier molecular flexibility index (Phi) is 3.77. The molecule has 0 aromatic rings. The molecule has 1 atom stereocenters. The van der Waals surface area contributed by atoms with Crippen LogP contribution in [-0.2, 0) is 0 Å². The van der Waals surface area contributed by atoms with Crippen LogP contribution in [0.4, 0.5) is 0 Å². The van der Waals surface area contributed by atoms with Crippen LogP contribution in [0.2, 0.25) is 0 Å². The molecule has 0 fully saturated rings. The predicted octanol–water partition coefficient (Wildman–Crippen LogP) is -0.600. The van der Waals surface area contributed by atoms with Crippen molar-refractivity contribution in [2.24, 2.45) is 5.73 Å². The average Bonchev–Trinajstić information content (AvgIpc) is 1.67. The Labute approximate surface area is 50.8 Å². The van der Waals surface area contributed by atoms with Gasteiger partial charge in [-0.05, 0) is 21.0 Å². The fourth-order valence-corrected chi connectivity index (χ4v) is 0.393. The quantitative estimate of drug-likeness (QED) is 0.485. The molecule has 0 amide bonds. The van der Waals surface area contributed by atoms with Crippen LogP contribution < -0.4 is 11.1 Å². The normalized spacial score (nSPS) is 14.6. The Morgan fingerprint density at radius 2 is 2.25 bits per heavy atom. The third kappa shape index (κ3) is 2.96. The van der Waals surface area contributed by atoms with Gasteiger partial charge < -0.3 is 11.1 Å². The molecule has 0 saturated carbocycles. The first-order chi connectivity index (χ1) is 3.68. The predicted molar refractivity (Wildman–Crippen MR) is 35.3 cm³/mol. The molecular formula is C5H15N3. The zero-order valence-electron chi connectivity index (χ0n) is 5.81. The summed E-state index contributed by atoms with van der Waals surface area (Å²) in [4.78, 5) is 2.01. The Morgan fingerprint density at radius 3 is 2.38 bits per heavy atom. The molecule has 3 heteroatoms. The van der Waals surface area contributed by atoms with Gasteiger partial charge in [0.2, 0.25) is 0 Å². The Morgan fingerprint density at radius 1 is 1.75 bits per heavy atom. The highest BCUT2D eigenvalue weighted by molar-refractivity contribution is 4.50. The van der Waals surface area contributed by atoms with Crippen LogP contribution in [0.15, 0.2) is 0 Å². The van der Waals surface area contributed by atoms with Crippen LogP contribution >= 0.6 is 0 Å². The highest BCUT2D eigenvalue weighted by atomic mass is 15.3. The number of nitrogens with two attached hydrogens (primary N) is 1. The molecule has 0 aliphatic heterocycles. The molecule has 0 radical (unpaired) electrons. The number of hydrogen-bond donors (Lipinski definition) is 2. The van der Waals surface area contributed by atoms with Gasteiger partial charge in [-0.15, -0.1) is 0 Å². The highest BCUT2D eigenvalue weighted by Crippen LogP contribution is 1.80. The van der Waals surface area contributed by atoms with E-state index in [0.29, 0.717) is 0 Å². The number of hydrogen-bond acceptors (Lipinski definition) is 3. The fraction of sp³-hybridized carbons (Fsp3) is 1.00. The molecule has 0 bridgehead atoms. The van der Waals surface area contributed by atoms with Crippen LogP contribution in [0.3, 0.4) is 0 Å². The monoisotopic (exact) mass is 117 g/mol. The minimum atomic E-state index is 0.141. The lowest BCUT2D eigenvalue weighted by Crippen LogP contribution is -2.41. The van der Waals surface area contributed by atoms with Crippen molar-refractivity contribution in [3.05, 3.63) is 0 Å². The second kappa shape index (κ2) is 3.83. The van der Waals surface area contributed by atoms with E-state index < -0.39 is 0 Å². The highest BCUT2D eigenvalue weighted by Gasteiger charge is 1.98. The molecule has 1 unspecified atom stereocenters. The van der Waals surface area contributed by atoms with Gasteiger partial charge in [0.1, 0.15) is 0 Å². The van der Waals surface area contributed by atoms with Gasteiger partial charge in [0, 0.05) is 6.67 Å². The van der Waals surface area contributed by atoms with Crippen molar-refractivity contribution in [3.8, 4) is 0 Å². The van der Waals surface area contributed by atoms with Gasteiger partial charge in [-0.1, -0.05) is 0 Å². The maximum absolute atomic E-state index is 5.51. The molecule has 50 valence electrons. The largest absolute Gasteiger partial charge is 0.316 e. The molecule has 0 aliphatic rings. The lowest BCUT2D eigenvalue weighted by Gasteiger charge is -2.19. The van der Waals surface area contributed by atoms with Gasteiger partial charge in [0.25, 0.3) is 0 Å². The summed E-state index contributed by atoms with van der Waals surface area (Å²) in [5.41, 5.74) is 5.51. The molecule has 0 aliphatic carbocycles. The van der Waals surface area contributed by atoms with Crippen molar-refractivity contribution in [2.45, 2.75) is 13.1 Å². The second-order valence-corrected chi connectivity index (χ2v) is 2.01. The van der Waals surface area contributed by atoms with Crippen LogP contribution in [0, 0.1) is 0 Å². The average molecular weight is 117 g/mol. The summed E-state index contributed by atoms with van der Waals surface area (Å²) in [6, 6.07) is 0. The van der Waals surface area contributed by atoms with Crippen molar-refractivity contribution in [2.75, 3.05) is 20.8 Å². The number of nitrogens with zero attached hydrogens (tertiary/aromatic N) is 1. The SMILES string of the molecule is CNCN(C)C(C)N. The van der Waals surface area contributed by atoms with Crippen molar-refractivity contribution in [3.63, 3.8) is 0 Å². The number of nitrogens with one attached hydrogen (secondary N) is 1. The molecule has 0 saturated heterocycles. The van der Waals surface area contributed by atoms with E-state index in [0.717, 1.165) is 6.67 Å². The van der Waals surface area contributed by atoms with Gasteiger partial charge in [-0.3, -0.25) is 4.90 Å². The van der Waals surface area contributed by atoms with E-state index >= 15 is 0 Å². The van der Waals surface area contributed by atoms with Crippen molar-refractivity contribution in [1.82, 2.24) is 10.2 Å². The lowest BCUT2D eigenvalue weighted by molar-refractivity contribution is 0.250. The molecular weight excluding hydrogens is 102 g/mol. The minimum Gasteiger partial charge on any atom is -0.316 e. The summed E-state index contributed by atoms with van der Waals surface area (Å²) in [6.45, 7) is 2.80. The standard InChI is InChI=1S/C5H15N3/c1-5(6)8(3)4-7-2/h5,7H,4,6H2,1-3H3. The Balaban J connectivity index is 3.17. The minimum absolute atomic E-state index is 0.141. The lowest BCUT2D eigenvalue weighted by atomic mass is 10.5. The zero-order valence-corrected chi connectivity index (χ0v) is 5.81. The van der Waals surface area contributed by atoms with E-state index in [1.54, 1.807) is 0 Å². The van der Waals surface area contributed by atoms with Crippen molar-refractivity contribution < 1.29 is 0 Å². The summed E-state index contributed by atoms with van der Waals surface area (Å²) in [5, 5.41) is 2.99. The van der Waals surface area contributed by atoms with E-state index in [9.17, 15) is 0 Å².